The molecule has 0 unspecified atom stereocenters. The molecule has 0 aliphatic heterocycles. The second kappa shape index (κ2) is 8.69. The lowest BCUT2D eigenvalue weighted by molar-refractivity contribution is -0.122. The van der Waals surface area contributed by atoms with Gasteiger partial charge in [-0.25, -0.2) is 4.39 Å². The number of halogens is 4. The molecule has 1 aliphatic rings. The van der Waals surface area contributed by atoms with Gasteiger partial charge in [0.25, 0.3) is 5.91 Å². The van der Waals surface area contributed by atoms with Crippen molar-refractivity contribution in [3.63, 3.8) is 0 Å². The summed E-state index contributed by atoms with van der Waals surface area (Å²) in [5.74, 6) is -0.948. The smallest absolute Gasteiger partial charge is 0.253 e. The molecule has 1 aromatic heterocycles. The molecule has 2 rings (SSSR count). The number of thiophene rings is 1. The van der Waals surface area contributed by atoms with Crippen molar-refractivity contribution in [2.75, 3.05) is 12.0 Å². The van der Waals surface area contributed by atoms with E-state index in [1.807, 2.05) is 0 Å². The van der Waals surface area contributed by atoms with Gasteiger partial charge in [0.15, 0.2) is 11.8 Å². The van der Waals surface area contributed by atoms with Crippen LogP contribution in [-0.2, 0) is 17.6 Å². The number of aryl methyl sites for hydroxylation is 1. The largest absolute Gasteiger partial charge is 0.339 e. The molecule has 0 spiro atoms. The standard InChI is InChI=1S/C14H14Cl3FN4OS2/c15-14(16,17)12(20-10(23)5-18)22-13(24)21-11-8(6-19)7-3-1-2-4-9(7)25-11/h12H,1-5H2,(H,20,23)(H2,21,22,24)/t12-/m1/s1. The summed E-state index contributed by atoms with van der Waals surface area (Å²) < 4.78 is 10.4. The molecule has 1 atom stereocenters. The first-order valence-corrected chi connectivity index (χ1v) is 9.66. The van der Waals surface area contributed by atoms with Gasteiger partial charge >= 0.3 is 0 Å². The Balaban J connectivity index is 2.12. The zero-order valence-electron chi connectivity index (χ0n) is 12.8. The first-order chi connectivity index (χ1) is 11.8. The van der Waals surface area contributed by atoms with E-state index in [-0.39, 0.29) is 5.11 Å². The van der Waals surface area contributed by atoms with Gasteiger partial charge in [0, 0.05) is 4.88 Å². The number of amides is 1. The summed E-state index contributed by atoms with van der Waals surface area (Å²) in [6.07, 6.45) is 2.69. The molecule has 1 aromatic rings. The van der Waals surface area contributed by atoms with Crippen molar-refractivity contribution in [2.24, 2.45) is 0 Å². The van der Waals surface area contributed by atoms with Gasteiger partial charge in [-0.2, -0.15) is 5.26 Å². The third kappa shape index (κ3) is 5.31. The van der Waals surface area contributed by atoms with Gasteiger partial charge in [0.1, 0.15) is 17.2 Å². The number of carbonyl (C=O) groups excluding carboxylic acids is 1. The van der Waals surface area contributed by atoms with Crippen LogP contribution in [0.1, 0.15) is 28.8 Å². The van der Waals surface area contributed by atoms with Crippen LogP contribution in [0.2, 0.25) is 0 Å². The Morgan fingerprint density at radius 1 is 1.36 bits per heavy atom. The first kappa shape index (κ1) is 20.5. The van der Waals surface area contributed by atoms with Crippen LogP contribution in [0.15, 0.2) is 0 Å². The van der Waals surface area contributed by atoms with Crippen molar-refractivity contribution in [1.29, 1.82) is 5.26 Å². The van der Waals surface area contributed by atoms with Gasteiger partial charge in [-0.1, -0.05) is 34.8 Å². The van der Waals surface area contributed by atoms with Crippen molar-refractivity contribution in [1.82, 2.24) is 10.6 Å². The van der Waals surface area contributed by atoms with E-state index in [1.54, 1.807) is 0 Å². The van der Waals surface area contributed by atoms with Crippen LogP contribution < -0.4 is 16.0 Å². The second-order valence-corrected chi connectivity index (χ2v) is 9.18. The highest BCUT2D eigenvalue weighted by Gasteiger charge is 2.35. The normalized spacial score (nSPS) is 14.8. The lowest BCUT2D eigenvalue weighted by Crippen LogP contribution is -2.56. The number of hydrogen-bond acceptors (Lipinski definition) is 4. The zero-order chi connectivity index (χ0) is 18.6. The molecule has 25 heavy (non-hydrogen) atoms. The summed E-state index contributed by atoms with van der Waals surface area (Å²) >= 11 is 24.0. The van der Waals surface area contributed by atoms with Crippen LogP contribution >= 0.6 is 58.4 Å². The van der Waals surface area contributed by atoms with Crippen LogP contribution in [0, 0.1) is 11.3 Å². The summed E-state index contributed by atoms with van der Waals surface area (Å²) in [5, 5.41) is 17.8. The predicted molar refractivity (Wildman–Crippen MR) is 103 cm³/mol. The molecule has 1 amide bonds. The highest BCUT2D eigenvalue weighted by molar-refractivity contribution is 7.80. The maximum absolute atomic E-state index is 12.4. The fourth-order valence-electron chi connectivity index (χ4n) is 2.44. The van der Waals surface area contributed by atoms with E-state index in [0.29, 0.717) is 10.6 Å². The van der Waals surface area contributed by atoms with E-state index < -0.39 is 22.5 Å². The Labute approximate surface area is 168 Å². The molecule has 3 N–H and O–H groups in total. The molecule has 0 radical (unpaired) electrons. The number of hydrogen-bond donors (Lipinski definition) is 3. The molecule has 0 saturated heterocycles. The predicted octanol–water partition coefficient (Wildman–Crippen LogP) is 3.57. The van der Waals surface area contributed by atoms with Gasteiger partial charge in [0.05, 0.1) is 5.56 Å². The molecule has 1 aliphatic carbocycles. The molecule has 0 saturated carbocycles. The Morgan fingerprint density at radius 2 is 2.04 bits per heavy atom. The summed E-state index contributed by atoms with van der Waals surface area (Å²) in [7, 11) is 0. The molecule has 0 aromatic carbocycles. The van der Waals surface area contributed by atoms with Crippen molar-refractivity contribution < 1.29 is 9.18 Å². The van der Waals surface area contributed by atoms with E-state index >= 15 is 0 Å². The molecule has 1 heterocycles. The number of alkyl halides is 4. The number of nitrogens with one attached hydrogen (secondary N) is 3. The number of nitriles is 1. The lowest BCUT2D eigenvalue weighted by Gasteiger charge is -2.27. The van der Waals surface area contributed by atoms with E-state index in [9.17, 15) is 14.4 Å². The highest BCUT2D eigenvalue weighted by atomic mass is 35.6. The monoisotopic (exact) mass is 442 g/mol. The SMILES string of the molecule is N#Cc1c(NC(=S)N[C@@H](NC(=O)CF)C(Cl)(Cl)Cl)sc2c1CCCC2. The number of thiocarbonyl (C=S) groups is 1. The van der Waals surface area contributed by atoms with Crippen LogP contribution in [-0.4, -0.2) is 27.7 Å². The van der Waals surface area contributed by atoms with Crippen LogP contribution in [0.5, 0.6) is 0 Å². The Hall–Kier alpha value is -0.850. The summed E-state index contributed by atoms with van der Waals surface area (Å²) in [5.41, 5.74) is 1.61. The topological polar surface area (TPSA) is 77.0 Å². The average molecular weight is 444 g/mol. The average Bonchev–Trinajstić information content (AvgIpc) is 2.89. The van der Waals surface area contributed by atoms with E-state index in [1.165, 1.54) is 11.3 Å². The van der Waals surface area contributed by atoms with Crippen molar-refractivity contribution in [2.45, 2.75) is 35.6 Å². The Kier molecular flexibility index (Phi) is 7.11. The molecule has 0 bridgehead atoms. The first-order valence-electron chi connectivity index (χ1n) is 7.30. The van der Waals surface area contributed by atoms with Crippen LogP contribution in [0.4, 0.5) is 9.39 Å². The number of anilines is 1. The summed E-state index contributed by atoms with van der Waals surface area (Å²) in [4.78, 5) is 12.4. The van der Waals surface area contributed by atoms with Gasteiger partial charge < -0.3 is 16.0 Å². The molecule has 5 nitrogen and oxygen atoms in total. The number of rotatable bonds is 4. The van der Waals surface area contributed by atoms with E-state index in [4.69, 9.17) is 47.0 Å². The van der Waals surface area contributed by atoms with Gasteiger partial charge in [-0.05, 0) is 43.5 Å². The van der Waals surface area contributed by atoms with Gasteiger partial charge in [-0.15, -0.1) is 11.3 Å². The lowest BCUT2D eigenvalue weighted by atomic mass is 9.96. The molecular formula is C14H14Cl3FN4OS2. The minimum absolute atomic E-state index is 0.0468. The maximum atomic E-state index is 12.4. The van der Waals surface area contributed by atoms with Crippen LogP contribution in [0.25, 0.3) is 0 Å². The van der Waals surface area contributed by atoms with Crippen molar-refractivity contribution in [3.8, 4) is 6.07 Å². The molecule has 136 valence electrons. The Morgan fingerprint density at radius 3 is 2.64 bits per heavy atom. The minimum atomic E-state index is -1.96. The highest BCUT2D eigenvalue weighted by Crippen LogP contribution is 2.37. The Bertz CT molecular complexity index is 714. The summed E-state index contributed by atoms with van der Waals surface area (Å²) in [6.45, 7) is -1.25. The quantitative estimate of drug-likeness (QED) is 0.377. The summed E-state index contributed by atoms with van der Waals surface area (Å²) in [6, 6.07) is 2.20. The van der Waals surface area contributed by atoms with Gasteiger partial charge in [0.2, 0.25) is 3.79 Å². The zero-order valence-corrected chi connectivity index (χ0v) is 16.7. The van der Waals surface area contributed by atoms with E-state index in [2.05, 4.69) is 22.0 Å². The fraction of sp³-hybridized carbons (Fsp3) is 0.500. The molecule has 0 fully saturated rings. The maximum Gasteiger partial charge on any atom is 0.253 e. The van der Waals surface area contributed by atoms with Crippen molar-refractivity contribution >= 4 is 74.4 Å². The van der Waals surface area contributed by atoms with E-state index in [0.717, 1.165) is 36.1 Å². The number of fused-ring (bicyclic) bond motifs is 1. The minimum Gasteiger partial charge on any atom is -0.339 e. The second-order valence-electron chi connectivity index (χ2n) is 5.30. The third-order valence-electron chi connectivity index (χ3n) is 3.54. The fourth-order valence-corrected chi connectivity index (χ4v) is 4.30. The third-order valence-corrected chi connectivity index (χ3v) is 5.62. The number of carbonyl (C=O) groups is 1. The molecular weight excluding hydrogens is 430 g/mol. The molecule has 11 heteroatoms. The van der Waals surface area contributed by atoms with Gasteiger partial charge in [-0.3, -0.25) is 4.79 Å². The number of nitrogens with zero attached hydrogens (tertiary/aromatic N) is 1. The van der Waals surface area contributed by atoms with Crippen molar-refractivity contribution in [3.05, 3.63) is 16.0 Å². The van der Waals surface area contributed by atoms with Crippen LogP contribution in [0.3, 0.4) is 0 Å².